The molecule has 1 aromatic heterocycles. The Hall–Kier alpha value is -4.65. The standard InChI is InChI=1S/C41H55N7O6/c1-4-53-37(49)26-45-16-9-30(10-17-45)31-11-18-46(19-12-31)39(50)36(25-29-23-28(2)38-35(24-29)42-27-44(38)3)54-41(52)47-20-14-33(15-21-47)48-22-13-32-7-5-6-8-34(32)43-40(48)51/h5-8,23-24,27,30-31,33,36H,4,9-22,25-26H2,1-3H3,(H,43,51)/t36-/m1/s1. The van der Waals surface area contributed by atoms with Gasteiger partial charge in [0.2, 0.25) is 0 Å². The Morgan fingerprint density at radius 2 is 1.59 bits per heavy atom. The molecule has 0 unspecified atom stereocenters. The number of anilines is 1. The highest BCUT2D eigenvalue weighted by Gasteiger charge is 2.37. The number of esters is 1. The number of amides is 4. The van der Waals surface area contributed by atoms with E-state index in [0.29, 0.717) is 70.6 Å². The molecule has 5 heterocycles. The lowest BCUT2D eigenvalue weighted by atomic mass is 9.78. The van der Waals surface area contributed by atoms with Crippen LogP contribution in [-0.4, -0.2) is 124 Å². The predicted octanol–water partition coefficient (Wildman–Crippen LogP) is 5.00. The van der Waals surface area contributed by atoms with Gasteiger partial charge in [-0.2, -0.15) is 0 Å². The molecule has 13 heteroatoms. The van der Waals surface area contributed by atoms with Crippen LogP contribution in [0.4, 0.5) is 15.3 Å². The Balaban J connectivity index is 0.972. The number of para-hydroxylation sites is 1. The molecule has 4 aliphatic rings. The van der Waals surface area contributed by atoms with Crippen LogP contribution in [0.5, 0.6) is 0 Å². The third-order valence-corrected chi connectivity index (χ3v) is 12.1. The second kappa shape index (κ2) is 16.8. The van der Waals surface area contributed by atoms with Gasteiger partial charge in [0.1, 0.15) is 0 Å². The van der Waals surface area contributed by atoms with Crippen LogP contribution in [0.3, 0.4) is 0 Å². The van der Waals surface area contributed by atoms with Crippen molar-refractivity contribution in [2.45, 2.75) is 77.4 Å². The number of ether oxygens (including phenoxy) is 2. The zero-order valence-corrected chi connectivity index (χ0v) is 32.0. The minimum absolute atomic E-state index is 0.0139. The van der Waals surface area contributed by atoms with Crippen molar-refractivity contribution in [2.24, 2.45) is 18.9 Å². The van der Waals surface area contributed by atoms with Gasteiger partial charge >= 0.3 is 18.1 Å². The number of carbonyl (C=O) groups excluding carboxylic acids is 4. The Labute approximate surface area is 317 Å². The van der Waals surface area contributed by atoms with Gasteiger partial charge in [-0.25, -0.2) is 14.6 Å². The maximum absolute atomic E-state index is 14.3. The van der Waals surface area contributed by atoms with Gasteiger partial charge < -0.3 is 34.1 Å². The van der Waals surface area contributed by atoms with E-state index >= 15 is 0 Å². The van der Waals surface area contributed by atoms with Crippen LogP contribution in [0, 0.1) is 18.8 Å². The highest BCUT2D eigenvalue weighted by Crippen LogP contribution is 2.33. The van der Waals surface area contributed by atoms with Crippen LogP contribution in [0.25, 0.3) is 11.0 Å². The molecule has 3 fully saturated rings. The molecule has 13 nitrogen and oxygen atoms in total. The summed E-state index contributed by atoms with van der Waals surface area (Å²) in [5, 5.41) is 3.06. The first kappa shape index (κ1) is 37.7. The van der Waals surface area contributed by atoms with Crippen LogP contribution < -0.4 is 5.32 Å². The smallest absolute Gasteiger partial charge is 0.410 e. The number of nitrogens with zero attached hydrogens (tertiary/aromatic N) is 6. The van der Waals surface area contributed by atoms with Gasteiger partial charge in [-0.05, 0) is 113 Å². The van der Waals surface area contributed by atoms with Gasteiger partial charge in [0, 0.05) is 57.9 Å². The summed E-state index contributed by atoms with van der Waals surface area (Å²) in [6.45, 7) is 9.18. The number of hydrogen-bond acceptors (Lipinski definition) is 8. The third-order valence-electron chi connectivity index (χ3n) is 12.1. The summed E-state index contributed by atoms with van der Waals surface area (Å²) >= 11 is 0. The Morgan fingerprint density at radius 3 is 2.31 bits per heavy atom. The first-order valence-corrected chi connectivity index (χ1v) is 19.8. The number of aryl methyl sites for hydroxylation is 2. The average Bonchev–Trinajstić information content (AvgIpc) is 3.46. The van der Waals surface area contributed by atoms with E-state index in [0.717, 1.165) is 78.6 Å². The number of urea groups is 1. The van der Waals surface area contributed by atoms with Gasteiger partial charge in [0.05, 0.1) is 30.5 Å². The molecule has 1 atom stereocenters. The molecule has 0 aliphatic carbocycles. The molecule has 4 aliphatic heterocycles. The van der Waals surface area contributed by atoms with E-state index in [2.05, 4.69) is 21.3 Å². The molecule has 3 saturated heterocycles. The second-order valence-electron chi connectivity index (χ2n) is 15.5. The van der Waals surface area contributed by atoms with Gasteiger partial charge in [0.15, 0.2) is 6.10 Å². The van der Waals surface area contributed by atoms with Crippen LogP contribution in [0.2, 0.25) is 0 Å². The number of rotatable bonds is 9. The number of likely N-dealkylation sites (tertiary alicyclic amines) is 3. The van der Waals surface area contributed by atoms with Gasteiger partial charge in [0.25, 0.3) is 5.91 Å². The fourth-order valence-electron chi connectivity index (χ4n) is 9.17. The van der Waals surface area contributed by atoms with E-state index < -0.39 is 12.2 Å². The van der Waals surface area contributed by atoms with Gasteiger partial charge in [-0.15, -0.1) is 0 Å². The van der Waals surface area contributed by atoms with E-state index in [4.69, 9.17) is 9.47 Å². The molecule has 54 heavy (non-hydrogen) atoms. The summed E-state index contributed by atoms with van der Waals surface area (Å²) in [4.78, 5) is 65.4. The third kappa shape index (κ3) is 8.51. The maximum atomic E-state index is 14.3. The first-order valence-electron chi connectivity index (χ1n) is 19.8. The number of nitrogens with one attached hydrogen (secondary N) is 1. The minimum atomic E-state index is -0.965. The molecule has 2 aromatic carbocycles. The predicted molar refractivity (Wildman–Crippen MR) is 205 cm³/mol. The number of fused-ring (bicyclic) bond motifs is 2. The lowest BCUT2D eigenvalue weighted by Crippen LogP contribution is -2.52. The van der Waals surface area contributed by atoms with E-state index in [-0.39, 0.29) is 30.4 Å². The fourth-order valence-corrected chi connectivity index (χ4v) is 9.17. The number of benzene rings is 2. The quantitative estimate of drug-likeness (QED) is 0.304. The summed E-state index contributed by atoms with van der Waals surface area (Å²) in [6.07, 6.45) is 6.57. The van der Waals surface area contributed by atoms with E-state index in [1.165, 1.54) is 0 Å². The van der Waals surface area contributed by atoms with Crippen molar-refractivity contribution in [2.75, 3.05) is 64.3 Å². The average molecular weight is 742 g/mol. The minimum Gasteiger partial charge on any atom is -0.465 e. The number of carbonyl (C=O) groups is 4. The molecule has 0 saturated carbocycles. The summed E-state index contributed by atoms with van der Waals surface area (Å²) in [6, 6.07) is 11.9. The summed E-state index contributed by atoms with van der Waals surface area (Å²) in [7, 11) is 1.97. The number of imidazole rings is 1. The monoisotopic (exact) mass is 741 g/mol. The summed E-state index contributed by atoms with van der Waals surface area (Å²) < 4.78 is 13.3. The SMILES string of the molecule is CCOC(=O)CN1CCC(C2CCN(C(=O)[C@@H](Cc3cc(C)c4c(c3)ncn4C)OC(=O)N3CCC(N4CCc5ccccc5NC4=O)CC3)CC2)CC1. The van der Waals surface area contributed by atoms with Crippen molar-refractivity contribution in [3.63, 3.8) is 0 Å². The molecular weight excluding hydrogens is 686 g/mol. The molecule has 4 amide bonds. The van der Waals surface area contributed by atoms with E-state index in [9.17, 15) is 19.2 Å². The lowest BCUT2D eigenvalue weighted by molar-refractivity contribution is -0.144. The van der Waals surface area contributed by atoms with Crippen LogP contribution >= 0.6 is 0 Å². The number of hydrogen-bond donors (Lipinski definition) is 1. The first-order chi connectivity index (χ1) is 26.2. The van der Waals surface area contributed by atoms with Crippen molar-refractivity contribution in [1.82, 2.24) is 29.2 Å². The van der Waals surface area contributed by atoms with Crippen molar-refractivity contribution < 1.29 is 28.7 Å². The highest BCUT2D eigenvalue weighted by atomic mass is 16.6. The Bertz CT molecular complexity index is 1820. The van der Waals surface area contributed by atoms with E-state index in [1.54, 1.807) is 11.2 Å². The van der Waals surface area contributed by atoms with Crippen LogP contribution in [0.15, 0.2) is 42.7 Å². The molecule has 0 radical (unpaired) electrons. The lowest BCUT2D eigenvalue weighted by Gasteiger charge is -2.41. The van der Waals surface area contributed by atoms with Crippen LogP contribution in [0.1, 0.15) is 62.1 Å². The fraction of sp³-hybridized carbons (Fsp3) is 0.585. The Morgan fingerprint density at radius 1 is 0.907 bits per heavy atom. The largest absolute Gasteiger partial charge is 0.465 e. The molecule has 1 N–H and O–H groups in total. The number of piperidine rings is 3. The van der Waals surface area contributed by atoms with Gasteiger partial charge in [-0.1, -0.05) is 24.3 Å². The molecule has 290 valence electrons. The van der Waals surface area contributed by atoms with Crippen molar-refractivity contribution in [1.29, 1.82) is 0 Å². The second-order valence-corrected chi connectivity index (χ2v) is 15.5. The normalized spacial score (nSPS) is 20.0. The topological polar surface area (TPSA) is 130 Å². The van der Waals surface area contributed by atoms with Crippen molar-refractivity contribution in [3.8, 4) is 0 Å². The molecular formula is C41H55N7O6. The van der Waals surface area contributed by atoms with E-state index in [1.807, 2.05) is 65.6 Å². The number of aromatic nitrogens is 2. The molecule has 7 rings (SSSR count). The van der Waals surface area contributed by atoms with Gasteiger partial charge in [-0.3, -0.25) is 14.5 Å². The zero-order valence-electron chi connectivity index (χ0n) is 32.0. The summed E-state index contributed by atoms with van der Waals surface area (Å²) in [5.74, 6) is 0.781. The molecule has 0 bridgehead atoms. The van der Waals surface area contributed by atoms with Crippen molar-refractivity contribution in [3.05, 3.63) is 59.4 Å². The van der Waals surface area contributed by atoms with Crippen LogP contribution in [-0.2, 0) is 39.0 Å². The summed E-state index contributed by atoms with van der Waals surface area (Å²) in [5.41, 5.74) is 5.83. The highest BCUT2D eigenvalue weighted by molar-refractivity contribution is 5.91. The maximum Gasteiger partial charge on any atom is 0.410 e. The zero-order chi connectivity index (χ0) is 37.8. The molecule has 0 spiro atoms. The molecule has 3 aromatic rings. The van der Waals surface area contributed by atoms with Crippen molar-refractivity contribution >= 4 is 40.7 Å². The Kier molecular flexibility index (Phi) is 11.7.